The first kappa shape index (κ1) is 14.3. The first-order chi connectivity index (χ1) is 9.13. The number of hydrogen-bond donors (Lipinski definition) is 0. The molecule has 0 bridgehead atoms. The van der Waals surface area contributed by atoms with Crippen molar-refractivity contribution in [2.24, 2.45) is 0 Å². The molecule has 0 spiro atoms. The number of hydrogen-bond acceptors (Lipinski definition) is 2. The second-order valence-electron chi connectivity index (χ2n) is 5.71. The number of nitrogens with zero attached hydrogens (tertiary/aromatic N) is 1. The summed E-state index contributed by atoms with van der Waals surface area (Å²) in [5, 5.41) is 0. The number of carbonyl (C=O) groups is 1. The van der Waals surface area contributed by atoms with E-state index in [1.807, 2.05) is 6.07 Å². The molecule has 0 aromatic heterocycles. The van der Waals surface area contributed by atoms with Gasteiger partial charge in [-0.15, -0.1) is 0 Å². The normalized spacial score (nSPS) is 17.6. The number of aryl methyl sites for hydroxylation is 2. The van der Waals surface area contributed by atoms with Crippen molar-refractivity contribution in [3.63, 3.8) is 0 Å². The minimum Gasteiger partial charge on any atom is -0.293 e. The van der Waals surface area contributed by atoms with E-state index in [2.05, 4.69) is 37.8 Å². The zero-order valence-corrected chi connectivity index (χ0v) is 12.4. The summed E-state index contributed by atoms with van der Waals surface area (Å²) in [6.45, 7) is 8.50. The molecule has 19 heavy (non-hydrogen) atoms. The summed E-state index contributed by atoms with van der Waals surface area (Å²) >= 11 is 0. The highest BCUT2D eigenvalue weighted by Gasteiger charge is 2.28. The lowest BCUT2D eigenvalue weighted by atomic mass is 9.96. The second kappa shape index (κ2) is 6.33. The molecule has 0 N–H and O–H groups in total. The van der Waals surface area contributed by atoms with E-state index >= 15 is 0 Å². The van der Waals surface area contributed by atoms with Gasteiger partial charge < -0.3 is 0 Å². The second-order valence-corrected chi connectivity index (χ2v) is 5.71. The lowest BCUT2D eigenvalue weighted by Gasteiger charge is -2.26. The van der Waals surface area contributed by atoms with Crippen LogP contribution in [0.15, 0.2) is 18.2 Å². The molecule has 0 saturated carbocycles. The van der Waals surface area contributed by atoms with Crippen molar-refractivity contribution in [3.05, 3.63) is 34.9 Å². The average Bonchev–Trinajstić information content (AvgIpc) is 2.92. The highest BCUT2D eigenvalue weighted by Crippen LogP contribution is 2.20. The average molecular weight is 259 g/mol. The maximum atomic E-state index is 12.7. The molecule has 1 unspecified atom stereocenters. The van der Waals surface area contributed by atoms with Crippen molar-refractivity contribution >= 4 is 5.78 Å². The Hall–Kier alpha value is -1.15. The third-order valence-electron chi connectivity index (χ3n) is 4.24. The molecular weight excluding hydrogens is 234 g/mol. The molecule has 2 heteroatoms. The van der Waals surface area contributed by atoms with Crippen molar-refractivity contribution in [1.82, 2.24) is 4.90 Å². The highest BCUT2D eigenvalue weighted by atomic mass is 16.1. The van der Waals surface area contributed by atoms with Gasteiger partial charge >= 0.3 is 0 Å². The van der Waals surface area contributed by atoms with Crippen molar-refractivity contribution in [2.45, 2.75) is 52.5 Å². The number of benzene rings is 1. The van der Waals surface area contributed by atoms with Crippen LogP contribution in [0.2, 0.25) is 0 Å². The first-order valence-corrected chi connectivity index (χ1v) is 7.49. The maximum Gasteiger partial charge on any atom is 0.179 e. The minimum absolute atomic E-state index is 0.0922. The third-order valence-corrected chi connectivity index (χ3v) is 4.24. The van der Waals surface area contributed by atoms with Crippen molar-refractivity contribution in [1.29, 1.82) is 0 Å². The van der Waals surface area contributed by atoms with Gasteiger partial charge in [0.05, 0.1) is 6.04 Å². The Kier molecular flexibility index (Phi) is 4.76. The number of likely N-dealkylation sites (tertiary alicyclic amines) is 1. The van der Waals surface area contributed by atoms with Gasteiger partial charge in [-0.2, -0.15) is 0 Å². The fraction of sp³-hybridized carbons (Fsp3) is 0.588. The van der Waals surface area contributed by atoms with Crippen LogP contribution >= 0.6 is 0 Å². The van der Waals surface area contributed by atoms with Crippen molar-refractivity contribution < 1.29 is 4.79 Å². The van der Waals surface area contributed by atoms with Gasteiger partial charge in [0.2, 0.25) is 0 Å². The molecule has 1 fully saturated rings. The van der Waals surface area contributed by atoms with E-state index in [1.165, 1.54) is 24.0 Å². The van der Waals surface area contributed by atoms with Gasteiger partial charge in [-0.05, 0) is 63.4 Å². The van der Waals surface area contributed by atoms with E-state index in [0.29, 0.717) is 5.78 Å². The Labute approximate surface area is 116 Å². The van der Waals surface area contributed by atoms with Gasteiger partial charge in [-0.3, -0.25) is 9.69 Å². The monoisotopic (exact) mass is 259 g/mol. The fourth-order valence-electron chi connectivity index (χ4n) is 2.89. The van der Waals surface area contributed by atoms with Gasteiger partial charge in [-0.1, -0.05) is 25.5 Å². The van der Waals surface area contributed by atoms with Gasteiger partial charge in [0.1, 0.15) is 0 Å². The van der Waals surface area contributed by atoms with Crippen LogP contribution in [0, 0.1) is 13.8 Å². The van der Waals surface area contributed by atoms with Crippen LogP contribution in [-0.2, 0) is 0 Å². The number of Topliss-reactive ketones (excluding diaryl/α,β-unsaturated/α-hetero) is 1. The Bertz CT molecular complexity index is 447. The van der Waals surface area contributed by atoms with Crippen molar-refractivity contribution in [3.8, 4) is 0 Å². The van der Waals surface area contributed by atoms with Gasteiger partial charge in [-0.25, -0.2) is 0 Å². The van der Waals surface area contributed by atoms with Crippen LogP contribution in [-0.4, -0.2) is 29.8 Å². The van der Waals surface area contributed by atoms with E-state index in [0.717, 1.165) is 31.5 Å². The topological polar surface area (TPSA) is 20.3 Å². The molecule has 104 valence electrons. The lowest BCUT2D eigenvalue weighted by Crippen LogP contribution is -2.39. The van der Waals surface area contributed by atoms with Crippen LogP contribution in [0.25, 0.3) is 0 Å². The summed E-state index contributed by atoms with van der Waals surface area (Å²) in [5.74, 6) is 0.312. The molecule has 2 rings (SSSR count). The lowest BCUT2D eigenvalue weighted by molar-refractivity contribution is 0.0837. The quantitative estimate of drug-likeness (QED) is 0.751. The van der Waals surface area contributed by atoms with E-state index < -0.39 is 0 Å². The summed E-state index contributed by atoms with van der Waals surface area (Å²) in [6.07, 6.45) is 4.52. The smallest absolute Gasteiger partial charge is 0.179 e. The molecular formula is C17H25NO. The summed E-state index contributed by atoms with van der Waals surface area (Å²) in [4.78, 5) is 15.1. The van der Waals surface area contributed by atoms with Crippen molar-refractivity contribution in [2.75, 3.05) is 13.1 Å². The van der Waals surface area contributed by atoms with Gasteiger partial charge in [0.15, 0.2) is 5.78 Å². The van der Waals surface area contributed by atoms with E-state index in [9.17, 15) is 4.79 Å². The highest BCUT2D eigenvalue weighted by molar-refractivity contribution is 6.00. The molecule has 1 aliphatic heterocycles. The Morgan fingerprint density at radius 3 is 2.47 bits per heavy atom. The zero-order chi connectivity index (χ0) is 13.8. The molecule has 1 aromatic carbocycles. The predicted octanol–water partition coefficient (Wildman–Crippen LogP) is 3.75. The van der Waals surface area contributed by atoms with E-state index in [4.69, 9.17) is 0 Å². The molecule has 2 nitrogen and oxygen atoms in total. The Morgan fingerprint density at radius 2 is 1.89 bits per heavy atom. The number of carbonyl (C=O) groups excluding carboxylic acids is 1. The predicted molar refractivity (Wildman–Crippen MR) is 79.7 cm³/mol. The van der Waals surface area contributed by atoms with Gasteiger partial charge in [0, 0.05) is 5.56 Å². The van der Waals surface area contributed by atoms with Crippen LogP contribution in [0.1, 0.15) is 54.1 Å². The Morgan fingerprint density at radius 1 is 1.21 bits per heavy atom. The molecule has 1 heterocycles. The standard InChI is InChI=1S/C17H25NO/c1-4-7-16(18-10-5-6-11-18)17(19)15-9-8-13(2)14(3)12-15/h8-9,12,16H,4-7,10-11H2,1-3H3. The zero-order valence-electron chi connectivity index (χ0n) is 12.4. The molecule has 1 aromatic rings. The van der Waals surface area contributed by atoms with Crippen LogP contribution in [0.4, 0.5) is 0 Å². The SMILES string of the molecule is CCCC(C(=O)c1ccc(C)c(C)c1)N1CCCC1. The van der Waals surface area contributed by atoms with Crippen LogP contribution in [0.5, 0.6) is 0 Å². The molecule has 0 amide bonds. The first-order valence-electron chi connectivity index (χ1n) is 7.49. The molecule has 1 atom stereocenters. The Balaban J connectivity index is 2.20. The third kappa shape index (κ3) is 3.24. The fourth-order valence-corrected chi connectivity index (χ4v) is 2.89. The number of ketones is 1. The van der Waals surface area contributed by atoms with Crippen LogP contribution in [0.3, 0.4) is 0 Å². The molecule has 1 aliphatic rings. The minimum atomic E-state index is 0.0922. The van der Waals surface area contributed by atoms with Crippen LogP contribution < -0.4 is 0 Å². The summed E-state index contributed by atoms with van der Waals surface area (Å²) in [5.41, 5.74) is 3.35. The molecule has 0 radical (unpaired) electrons. The molecule has 0 aliphatic carbocycles. The van der Waals surface area contributed by atoms with E-state index in [1.54, 1.807) is 0 Å². The van der Waals surface area contributed by atoms with E-state index in [-0.39, 0.29) is 6.04 Å². The summed E-state index contributed by atoms with van der Waals surface area (Å²) < 4.78 is 0. The molecule has 1 saturated heterocycles. The number of rotatable bonds is 5. The largest absolute Gasteiger partial charge is 0.293 e. The summed E-state index contributed by atoms with van der Waals surface area (Å²) in [7, 11) is 0. The maximum absolute atomic E-state index is 12.7. The van der Waals surface area contributed by atoms with Gasteiger partial charge in [0.25, 0.3) is 0 Å². The summed E-state index contributed by atoms with van der Waals surface area (Å²) in [6, 6.07) is 6.20.